The monoisotopic (exact) mass is 396 g/mol. The van der Waals surface area contributed by atoms with E-state index in [1.165, 1.54) is 32.3 Å². The first-order valence-electron chi connectivity index (χ1n) is 7.45. The van der Waals surface area contributed by atoms with Crippen LogP contribution in [-0.4, -0.2) is 48.4 Å². The Hall–Kier alpha value is -2.37. The van der Waals surface area contributed by atoms with Gasteiger partial charge in [-0.15, -0.1) is 0 Å². The summed E-state index contributed by atoms with van der Waals surface area (Å²) in [4.78, 5) is 20.3. The summed E-state index contributed by atoms with van der Waals surface area (Å²) in [5.74, 6) is 0.130. The van der Waals surface area contributed by atoms with Gasteiger partial charge in [-0.3, -0.25) is 4.79 Å². The highest BCUT2D eigenvalue weighted by Gasteiger charge is 2.18. The first kappa shape index (κ1) is 19.9. The standard InChI is InChI=1S/C15H20N6O3S2/c1-9-4-5-10(26(23,24)21(2)3)6-11(9)18-14(22)8-25-15-19-12(16)7-13(17)20-15/h4-7H,8H2,1-3H3,(H,18,22)(H4,16,17,19,20). The molecule has 2 aromatic rings. The maximum atomic E-state index is 12.2. The Kier molecular flexibility index (Phi) is 6.05. The largest absolute Gasteiger partial charge is 0.383 e. The van der Waals surface area contributed by atoms with E-state index in [9.17, 15) is 13.2 Å². The molecule has 0 fully saturated rings. The zero-order chi connectivity index (χ0) is 19.5. The number of amides is 1. The van der Waals surface area contributed by atoms with E-state index in [1.54, 1.807) is 13.0 Å². The van der Waals surface area contributed by atoms with Gasteiger partial charge in [0.05, 0.1) is 10.6 Å². The fourth-order valence-corrected chi connectivity index (χ4v) is 3.55. The maximum Gasteiger partial charge on any atom is 0.242 e. The van der Waals surface area contributed by atoms with Gasteiger partial charge in [-0.1, -0.05) is 17.8 Å². The van der Waals surface area contributed by atoms with Gasteiger partial charge in [0.25, 0.3) is 0 Å². The third-order valence-corrected chi connectivity index (χ3v) is 6.00. The first-order valence-corrected chi connectivity index (χ1v) is 9.88. The number of sulfonamides is 1. The molecule has 11 heteroatoms. The van der Waals surface area contributed by atoms with Gasteiger partial charge >= 0.3 is 0 Å². The third-order valence-electron chi connectivity index (χ3n) is 3.34. The van der Waals surface area contributed by atoms with Gasteiger partial charge < -0.3 is 16.8 Å². The number of carbonyl (C=O) groups is 1. The SMILES string of the molecule is Cc1ccc(S(=O)(=O)N(C)C)cc1NC(=O)CSc1nc(N)cc(N)n1. The van der Waals surface area contributed by atoms with Crippen LogP contribution in [0.2, 0.25) is 0 Å². The summed E-state index contributed by atoms with van der Waals surface area (Å²) in [6, 6.07) is 5.99. The second kappa shape index (κ2) is 7.89. The molecule has 0 saturated heterocycles. The Labute approximate surface area is 156 Å². The number of benzene rings is 1. The minimum Gasteiger partial charge on any atom is -0.383 e. The topological polar surface area (TPSA) is 144 Å². The zero-order valence-corrected chi connectivity index (χ0v) is 16.2. The molecule has 1 aromatic heterocycles. The summed E-state index contributed by atoms with van der Waals surface area (Å²) in [5, 5.41) is 2.99. The fraction of sp³-hybridized carbons (Fsp3) is 0.267. The lowest BCUT2D eigenvalue weighted by atomic mass is 10.2. The number of rotatable bonds is 6. The van der Waals surface area contributed by atoms with Crippen LogP contribution in [0.4, 0.5) is 17.3 Å². The van der Waals surface area contributed by atoms with E-state index in [1.807, 2.05) is 0 Å². The van der Waals surface area contributed by atoms with Crippen molar-refractivity contribution < 1.29 is 13.2 Å². The molecule has 1 aromatic carbocycles. The van der Waals surface area contributed by atoms with Crippen molar-refractivity contribution in [3.63, 3.8) is 0 Å². The lowest BCUT2D eigenvalue weighted by Crippen LogP contribution is -2.22. The van der Waals surface area contributed by atoms with Crippen LogP contribution < -0.4 is 16.8 Å². The molecule has 0 saturated carbocycles. The number of nitrogens with two attached hydrogens (primary N) is 2. The van der Waals surface area contributed by atoms with Crippen molar-refractivity contribution in [1.29, 1.82) is 0 Å². The van der Waals surface area contributed by atoms with E-state index in [0.717, 1.165) is 21.6 Å². The zero-order valence-electron chi connectivity index (χ0n) is 14.6. The van der Waals surface area contributed by atoms with Gasteiger partial charge in [0.15, 0.2) is 5.16 Å². The predicted molar refractivity (Wildman–Crippen MR) is 102 cm³/mol. The molecule has 5 N–H and O–H groups in total. The quantitative estimate of drug-likeness (QED) is 0.483. The molecule has 0 atom stereocenters. The lowest BCUT2D eigenvalue weighted by molar-refractivity contribution is -0.113. The molecule has 0 aliphatic carbocycles. The molecule has 0 bridgehead atoms. The van der Waals surface area contributed by atoms with Crippen molar-refractivity contribution in [3.8, 4) is 0 Å². The molecule has 0 spiro atoms. The van der Waals surface area contributed by atoms with Gasteiger partial charge in [0.1, 0.15) is 11.6 Å². The Morgan fingerprint density at radius 1 is 1.19 bits per heavy atom. The molecule has 9 nitrogen and oxygen atoms in total. The molecule has 26 heavy (non-hydrogen) atoms. The minimum absolute atomic E-state index is 0.0208. The molecule has 2 rings (SSSR count). The molecule has 0 unspecified atom stereocenters. The van der Waals surface area contributed by atoms with Crippen LogP contribution in [-0.2, 0) is 14.8 Å². The Morgan fingerprint density at radius 3 is 2.38 bits per heavy atom. The van der Waals surface area contributed by atoms with Crippen LogP contribution in [0.25, 0.3) is 0 Å². The maximum absolute atomic E-state index is 12.2. The minimum atomic E-state index is -3.59. The second-order valence-electron chi connectivity index (χ2n) is 5.60. The summed E-state index contributed by atoms with van der Waals surface area (Å²) in [7, 11) is -0.696. The number of nitrogen functional groups attached to an aromatic ring is 2. The highest BCUT2D eigenvalue weighted by Crippen LogP contribution is 2.23. The Balaban J connectivity index is 2.11. The summed E-state index contributed by atoms with van der Waals surface area (Å²) in [6.07, 6.45) is 0. The highest BCUT2D eigenvalue weighted by atomic mass is 32.2. The van der Waals surface area contributed by atoms with Crippen LogP contribution in [0.5, 0.6) is 0 Å². The highest BCUT2D eigenvalue weighted by molar-refractivity contribution is 7.99. The van der Waals surface area contributed by atoms with Crippen LogP contribution in [0, 0.1) is 6.92 Å². The molecule has 0 radical (unpaired) electrons. The summed E-state index contributed by atoms with van der Waals surface area (Å²) in [5.41, 5.74) is 12.3. The van der Waals surface area contributed by atoms with E-state index in [2.05, 4.69) is 15.3 Å². The van der Waals surface area contributed by atoms with Gasteiger partial charge in [-0.2, -0.15) is 0 Å². The van der Waals surface area contributed by atoms with Crippen LogP contribution >= 0.6 is 11.8 Å². The average Bonchev–Trinajstić information content (AvgIpc) is 2.54. The molecular formula is C15H20N6O3S2. The number of nitrogens with one attached hydrogen (secondary N) is 1. The number of thioether (sulfide) groups is 1. The summed E-state index contributed by atoms with van der Waals surface area (Å²) < 4.78 is 25.6. The molecule has 1 amide bonds. The van der Waals surface area contributed by atoms with Crippen LogP contribution in [0.1, 0.15) is 5.56 Å². The van der Waals surface area contributed by atoms with Gasteiger partial charge in [0, 0.05) is 25.8 Å². The number of nitrogens with zero attached hydrogens (tertiary/aromatic N) is 3. The van der Waals surface area contributed by atoms with E-state index in [-0.39, 0.29) is 28.2 Å². The second-order valence-corrected chi connectivity index (χ2v) is 8.70. The number of hydrogen-bond acceptors (Lipinski definition) is 8. The summed E-state index contributed by atoms with van der Waals surface area (Å²) >= 11 is 1.08. The number of anilines is 3. The average molecular weight is 396 g/mol. The van der Waals surface area contributed by atoms with E-state index in [0.29, 0.717) is 10.8 Å². The van der Waals surface area contributed by atoms with Crippen molar-refractivity contribution in [1.82, 2.24) is 14.3 Å². The number of aromatic nitrogens is 2. The van der Waals surface area contributed by atoms with Crippen molar-refractivity contribution in [2.24, 2.45) is 0 Å². The number of aryl methyl sites for hydroxylation is 1. The fourth-order valence-electron chi connectivity index (χ4n) is 1.95. The number of carbonyl (C=O) groups excluding carboxylic acids is 1. The molecule has 1 heterocycles. The molecule has 0 aliphatic heterocycles. The van der Waals surface area contributed by atoms with Gasteiger partial charge in [0.2, 0.25) is 15.9 Å². The lowest BCUT2D eigenvalue weighted by Gasteiger charge is -2.14. The van der Waals surface area contributed by atoms with Crippen molar-refractivity contribution in [2.45, 2.75) is 17.0 Å². The summed E-state index contributed by atoms with van der Waals surface area (Å²) in [6.45, 7) is 1.77. The van der Waals surface area contributed by atoms with Crippen molar-refractivity contribution >= 4 is 45.0 Å². The van der Waals surface area contributed by atoms with E-state index >= 15 is 0 Å². The third kappa shape index (κ3) is 4.84. The molecular weight excluding hydrogens is 376 g/mol. The smallest absolute Gasteiger partial charge is 0.242 e. The predicted octanol–water partition coefficient (Wildman–Crippen LogP) is 0.931. The molecule has 0 aliphatic rings. The van der Waals surface area contributed by atoms with Crippen molar-refractivity contribution in [2.75, 3.05) is 36.6 Å². The first-order chi connectivity index (χ1) is 12.1. The van der Waals surface area contributed by atoms with Crippen LogP contribution in [0.3, 0.4) is 0 Å². The Morgan fingerprint density at radius 2 is 1.81 bits per heavy atom. The normalized spacial score (nSPS) is 11.5. The number of hydrogen-bond donors (Lipinski definition) is 3. The van der Waals surface area contributed by atoms with Gasteiger partial charge in [-0.05, 0) is 24.6 Å². The van der Waals surface area contributed by atoms with Gasteiger partial charge in [-0.25, -0.2) is 22.7 Å². The van der Waals surface area contributed by atoms with Crippen LogP contribution in [0.15, 0.2) is 34.3 Å². The Bertz CT molecular complexity index is 911. The molecule has 140 valence electrons. The van der Waals surface area contributed by atoms with Crippen molar-refractivity contribution in [3.05, 3.63) is 29.8 Å². The van der Waals surface area contributed by atoms with E-state index < -0.39 is 10.0 Å². The van der Waals surface area contributed by atoms with E-state index in [4.69, 9.17) is 11.5 Å².